The van der Waals surface area contributed by atoms with Gasteiger partial charge in [-0.3, -0.25) is 19.1 Å². The second kappa shape index (κ2) is 14.9. The molecule has 2 heterocycles. The third-order valence-electron chi connectivity index (χ3n) is 8.04. The van der Waals surface area contributed by atoms with E-state index in [2.05, 4.69) is 21.8 Å². The van der Waals surface area contributed by atoms with Crippen LogP contribution >= 0.6 is 0 Å². The van der Waals surface area contributed by atoms with E-state index in [0.29, 0.717) is 48.3 Å². The molecular formula is C37H34F2N4O4. The number of aliphatic hydroxyl groups is 1. The third-order valence-corrected chi connectivity index (χ3v) is 8.04. The Kier molecular flexibility index (Phi) is 10.5. The number of nitrogens with zero attached hydrogens (tertiary/aromatic N) is 4. The van der Waals surface area contributed by atoms with E-state index in [0.717, 1.165) is 34.2 Å². The molecule has 0 bridgehead atoms. The maximum Gasteiger partial charge on any atom is 0.278 e. The number of hydrogen-bond acceptors (Lipinski definition) is 6. The van der Waals surface area contributed by atoms with Crippen molar-refractivity contribution in [2.75, 3.05) is 6.61 Å². The van der Waals surface area contributed by atoms with E-state index in [-0.39, 0.29) is 43.1 Å². The second-order valence-electron chi connectivity index (χ2n) is 11.4. The van der Waals surface area contributed by atoms with Crippen molar-refractivity contribution in [1.29, 1.82) is 0 Å². The monoisotopic (exact) mass is 636 g/mol. The van der Waals surface area contributed by atoms with Crippen LogP contribution in [0.4, 0.5) is 8.78 Å². The van der Waals surface area contributed by atoms with E-state index in [1.54, 1.807) is 24.9 Å². The maximum atomic E-state index is 13.7. The number of carbonyl (C=O) groups excluding carboxylic acids is 2. The van der Waals surface area contributed by atoms with Crippen molar-refractivity contribution >= 4 is 22.5 Å². The van der Waals surface area contributed by atoms with Gasteiger partial charge >= 0.3 is 0 Å². The molecule has 8 nitrogen and oxygen atoms in total. The van der Waals surface area contributed by atoms with Crippen LogP contribution in [-0.2, 0) is 20.0 Å². The Labute approximate surface area is 270 Å². The van der Waals surface area contributed by atoms with Crippen LogP contribution in [0.25, 0.3) is 10.9 Å². The van der Waals surface area contributed by atoms with Gasteiger partial charge in [-0.1, -0.05) is 42.2 Å². The molecule has 5 aromatic rings. The summed E-state index contributed by atoms with van der Waals surface area (Å²) >= 11 is 0. The number of Topliss-reactive ketones (excluding diaryl/α,β-unsaturated/α-hetero) is 2. The number of benzene rings is 3. The predicted molar refractivity (Wildman–Crippen MR) is 174 cm³/mol. The molecule has 10 heteroatoms. The molecule has 0 aliphatic heterocycles. The van der Waals surface area contributed by atoms with Crippen LogP contribution in [-0.4, -0.2) is 42.6 Å². The summed E-state index contributed by atoms with van der Waals surface area (Å²) in [5.41, 5.74) is 3.62. The van der Waals surface area contributed by atoms with Crippen molar-refractivity contribution in [1.82, 2.24) is 19.3 Å². The van der Waals surface area contributed by atoms with Gasteiger partial charge in [0.1, 0.15) is 11.4 Å². The zero-order valence-corrected chi connectivity index (χ0v) is 26.2. The number of hydrogen-bond donors (Lipinski definition) is 1. The van der Waals surface area contributed by atoms with E-state index >= 15 is 0 Å². The molecule has 5 rings (SSSR count). The van der Waals surface area contributed by atoms with Gasteiger partial charge in [-0.05, 0) is 61.2 Å². The Morgan fingerprint density at radius 2 is 1.68 bits per heavy atom. The van der Waals surface area contributed by atoms with Gasteiger partial charge in [-0.15, -0.1) is 0 Å². The second-order valence-corrected chi connectivity index (χ2v) is 11.4. The third kappa shape index (κ3) is 7.94. The summed E-state index contributed by atoms with van der Waals surface area (Å²) < 4.78 is 29.8. The summed E-state index contributed by atoms with van der Waals surface area (Å²) in [5, 5.41) is 9.72. The largest absolute Gasteiger partial charge is 0.396 e. The van der Waals surface area contributed by atoms with Crippen molar-refractivity contribution in [3.8, 4) is 11.8 Å². The first-order valence-electron chi connectivity index (χ1n) is 15.4. The van der Waals surface area contributed by atoms with Gasteiger partial charge in [0.15, 0.2) is 23.2 Å². The first-order valence-corrected chi connectivity index (χ1v) is 15.4. The summed E-state index contributed by atoms with van der Waals surface area (Å²) in [6.45, 7) is 1.76. The fourth-order valence-corrected chi connectivity index (χ4v) is 5.31. The van der Waals surface area contributed by atoms with Gasteiger partial charge in [-0.25, -0.2) is 23.4 Å². The van der Waals surface area contributed by atoms with Crippen LogP contribution in [0.1, 0.15) is 81.0 Å². The Hall–Kier alpha value is -5.27. The topological polar surface area (TPSA) is 107 Å². The van der Waals surface area contributed by atoms with E-state index in [1.807, 2.05) is 42.5 Å². The standard InChI is InChI=1S/C37H34F2N4O4/c1-24-36(37(47)43(42(24)2)23-27-12-16-30(38)31(39)20-27)34(46)9-4-3-7-25-13-17-32-29(19-25)22-40-35(41-32)21-26-10-14-28(15-11-26)33(45)8-5-6-18-44/h10-17,19-20,22,44H,4-6,8-9,18,21,23H2,1-2H3. The molecule has 240 valence electrons. The van der Waals surface area contributed by atoms with Crippen molar-refractivity contribution < 1.29 is 23.5 Å². The Morgan fingerprint density at radius 3 is 2.43 bits per heavy atom. The molecule has 1 N–H and O–H groups in total. The molecule has 0 radical (unpaired) electrons. The van der Waals surface area contributed by atoms with Crippen LogP contribution < -0.4 is 5.56 Å². The molecule has 0 saturated carbocycles. The molecule has 0 unspecified atom stereocenters. The Bertz CT molecular complexity index is 2070. The van der Waals surface area contributed by atoms with E-state index in [1.165, 1.54) is 10.7 Å². The van der Waals surface area contributed by atoms with Gasteiger partial charge in [0, 0.05) is 67.7 Å². The lowest BCUT2D eigenvalue weighted by Crippen LogP contribution is -2.25. The smallest absolute Gasteiger partial charge is 0.278 e. The molecule has 0 spiro atoms. The molecule has 3 aromatic carbocycles. The van der Waals surface area contributed by atoms with E-state index in [9.17, 15) is 23.2 Å². The Balaban J connectivity index is 1.19. The number of rotatable bonds is 12. The molecule has 0 fully saturated rings. The summed E-state index contributed by atoms with van der Waals surface area (Å²) in [4.78, 5) is 47.5. The number of fused-ring (bicyclic) bond motifs is 1. The van der Waals surface area contributed by atoms with Crippen LogP contribution in [0, 0.1) is 30.4 Å². The van der Waals surface area contributed by atoms with Crippen molar-refractivity contribution in [2.24, 2.45) is 7.05 Å². The highest BCUT2D eigenvalue weighted by atomic mass is 19.2. The highest BCUT2D eigenvalue weighted by molar-refractivity contribution is 5.97. The zero-order chi connectivity index (χ0) is 33.5. The number of carbonyl (C=O) groups is 2. The molecule has 0 atom stereocenters. The minimum Gasteiger partial charge on any atom is -0.396 e. The highest BCUT2D eigenvalue weighted by Gasteiger charge is 2.21. The highest BCUT2D eigenvalue weighted by Crippen LogP contribution is 2.17. The number of unbranched alkanes of at least 4 members (excludes halogenated alkanes) is 1. The lowest BCUT2D eigenvalue weighted by molar-refractivity contribution is 0.0971. The van der Waals surface area contributed by atoms with Gasteiger partial charge in [-0.2, -0.15) is 0 Å². The molecule has 47 heavy (non-hydrogen) atoms. The van der Waals surface area contributed by atoms with Crippen LogP contribution in [0.2, 0.25) is 0 Å². The van der Waals surface area contributed by atoms with Gasteiger partial charge in [0.25, 0.3) is 5.56 Å². The van der Waals surface area contributed by atoms with Crippen molar-refractivity contribution in [3.05, 3.63) is 128 Å². The summed E-state index contributed by atoms with van der Waals surface area (Å²) in [5.74, 6) is 4.49. The minimum atomic E-state index is -1.000. The SMILES string of the molecule is Cc1c(C(=O)CCC#Cc2ccc3nc(Cc4ccc(C(=O)CCCCO)cc4)ncc3c2)c(=O)n(Cc2ccc(F)c(F)c2)n1C. The quantitative estimate of drug-likeness (QED) is 0.107. The first kappa shape index (κ1) is 33.1. The molecule has 0 aliphatic carbocycles. The number of ketones is 2. The van der Waals surface area contributed by atoms with E-state index in [4.69, 9.17) is 5.11 Å². The van der Waals surface area contributed by atoms with Crippen molar-refractivity contribution in [2.45, 2.75) is 52.0 Å². The molecule has 2 aromatic heterocycles. The molecular weight excluding hydrogens is 602 g/mol. The van der Waals surface area contributed by atoms with Gasteiger partial charge in [0.05, 0.1) is 12.1 Å². The maximum absolute atomic E-state index is 13.7. The van der Waals surface area contributed by atoms with Crippen LogP contribution in [0.15, 0.2) is 71.7 Å². The lowest BCUT2D eigenvalue weighted by Gasteiger charge is -2.08. The summed E-state index contributed by atoms with van der Waals surface area (Å²) in [6.07, 6.45) is 4.26. The average Bonchev–Trinajstić information content (AvgIpc) is 3.27. The van der Waals surface area contributed by atoms with Gasteiger partial charge in [0.2, 0.25) is 0 Å². The van der Waals surface area contributed by atoms with E-state index < -0.39 is 17.2 Å². The Morgan fingerprint density at radius 1 is 0.915 bits per heavy atom. The normalized spacial score (nSPS) is 11.0. The lowest BCUT2D eigenvalue weighted by atomic mass is 10.0. The van der Waals surface area contributed by atoms with Crippen LogP contribution in [0.3, 0.4) is 0 Å². The number of aromatic nitrogens is 4. The zero-order valence-electron chi connectivity index (χ0n) is 26.2. The number of halogens is 2. The summed E-state index contributed by atoms with van der Waals surface area (Å²) in [6, 6.07) is 16.5. The van der Waals surface area contributed by atoms with Gasteiger partial charge < -0.3 is 5.11 Å². The fourth-order valence-electron chi connectivity index (χ4n) is 5.31. The molecule has 0 aliphatic rings. The molecule has 0 saturated heterocycles. The van der Waals surface area contributed by atoms with Crippen LogP contribution in [0.5, 0.6) is 0 Å². The number of aliphatic hydroxyl groups excluding tert-OH is 1. The minimum absolute atomic E-state index is 0.00379. The first-order chi connectivity index (χ1) is 22.6. The summed E-state index contributed by atoms with van der Waals surface area (Å²) in [7, 11) is 1.64. The average molecular weight is 637 g/mol. The molecule has 0 amide bonds. The predicted octanol–water partition coefficient (Wildman–Crippen LogP) is 5.72. The van der Waals surface area contributed by atoms with Crippen molar-refractivity contribution in [3.63, 3.8) is 0 Å². The fraction of sp³-hybridized carbons (Fsp3) is 0.270.